The highest BCUT2D eigenvalue weighted by molar-refractivity contribution is 7.47. The molecule has 2 saturated heterocycles. The number of nitrogens with one attached hydrogen (secondary N) is 1. The van der Waals surface area contributed by atoms with Crippen molar-refractivity contribution in [2.24, 2.45) is 0 Å². The predicted molar refractivity (Wildman–Crippen MR) is 185 cm³/mol. The smallest absolute Gasteiger partial charge is 0.475 e. The molecule has 2 aliphatic rings. The summed E-state index contributed by atoms with van der Waals surface area (Å²) in [6.07, 6.45) is -7.51. The standard InChI is InChI=1S/C31H48N7O17P/c1-16(39)33-23-18(40)12-31(29(47)48,55-56(50,51)52-15-20-25(45)26(46)28(53-20)38-11-10-21(32)34-30(38)49)54-27(23)24(44)19(41)14-37-13-17(35-36-37)8-6-4-2-3-5-7-9-22(42)43/h10-11,13,18-20,23-28,40-41,44-46H,2-9,12,14-15H2,1H3,(H,33,39)(H,42,43)(H,47,48)(H,50,51)(H2,32,34,49)/t18-,19+,20+,23+,24+,25+,26+,27+,28+,31+/m0/s1. The van der Waals surface area contributed by atoms with Crippen molar-refractivity contribution in [3.05, 3.63) is 34.6 Å². The summed E-state index contributed by atoms with van der Waals surface area (Å²) in [5.74, 6) is -7.03. The second kappa shape index (κ2) is 19.5. The third-order valence-corrected chi connectivity index (χ3v) is 10.2. The van der Waals surface area contributed by atoms with Crippen LogP contribution in [0.25, 0.3) is 0 Å². The van der Waals surface area contributed by atoms with Crippen LogP contribution in [0.5, 0.6) is 0 Å². The quantitative estimate of drug-likeness (QED) is 0.0455. The van der Waals surface area contributed by atoms with Gasteiger partial charge in [-0.15, -0.1) is 5.10 Å². The van der Waals surface area contributed by atoms with Gasteiger partial charge in [0.05, 0.1) is 31.0 Å². The number of unbranched alkanes of at least 4 members (excludes halogenated alkanes) is 5. The summed E-state index contributed by atoms with van der Waals surface area (Å²) in [5.41, 5.74) is 5.08. The average molecular weight is 822 g/mol. The highest BCUT2D eigenvalue weighted by Crippen LogP contribution is 2.51. The summed E-state index contributed by atoms with van der Waals surface area (Å²) in [4.78, 5) is 61.6. The zero-order valence-electron chi connectivity index (χ0n) is 30.2. The first-order valence-corrected chi connectivity index (χ1v) is 19.2. The number of hydrogen-bond acceptors (Lipinski definition) is 18. The zero-order valence-corrected chi connectivity index (χ0v) is 31.1. The van der Waals surface area contributed by atoms with Gasteiger partial charge in [-0.2, -0.15) is 4.98 Å². The number of anilines is 1. The lowest BCUT2D eigenvalue weighted by Gasteiger charge is -2.46. The Hall–Kier alpha value is -3.94. The number of aliphatic hydroxyl groups excluding tert-OH is 5. The van der Waals surface area contributed by atoms with E-state index < -0.39 is 112 Å². The van der Waals surface area contributed by atoms with Crippen LogP contribution in [0.15, 0.2) is 23.3 Å². The molecule has 4 rings (SSSR count). The van der Waals surface area contributed by atoms with Gasteiger partial charge in [-0.05, 0) is 25.3 Å². The van der Waals surface area contributed by atoms with Crippen molar-refractivity contribution in [1.82, 2.24) is 29.9 Å². The van der Waals surface area contributed by atoms with Gasteiger partial charge in [-0.25, -0.2) is 23.4 Å². The van der Waals surface area contributed by atoms with Gasteiger partial charge in [0.25, 0.3) is 5.79 Å². The lowest BCUT2D eigenvalue weighted by molar-refractivity contribution is -0.288. The van der Waals surface area contributed by atoms with E-state index in [2.05, 4.69) is 20.6 Å². The number of nitrogen functional groups attached to an aromatic ring is 1. The molecule has 56 heavy (non-hydrogen) atoms. The SMILES string of the molecule is CC(=O)N[C@H]1[C@H]([C@H](O)[C@H](O)Cn2cc(CCCCCCCCC(=O)O)nn2)O[C@](OP(=O)(O)OC[C@H]2O[C@@H](n3ccc(N)nc3=O)[C@H](O)[C@@H]2O)(C(=O)O)C[C@@H]1O. The molecule has 0 aliphatic carbocycles. The lowest BCUT2D eigenvalue weighted by atomic mass is 9.88. The Morgan fingerprint density at radius 2 is 1.79 bits per heavy atom. The van der Waals surface area contributed by atoms with Crippen LogP contribution in [-0.2, 0) is 50.4 Å². The van der Waals surface area contributed by atoms with Crippen LogP contribution < -0.4 is 16.7 Å². The number of ether oxygens (including phenoxy) is 2. The number of carbonyl (C=O) groups excluding carboxylic acids is 1. The van der Waals surface area contributed by atoms with E-state index in [0.717, 1.165) is 49.8 Å². The molecule has 0 radical (unpaired) electrons. The van der Waals surface area contributed by atoms with Gasteiger partial charge >= 0.3 is 25.5 Å². The van der Waals surface area contributed by atoms with E-state index in [1.54, 1.807) is 0 Å². The lowest BCUT2D eigenvalue weighted by Crippen LogP contribution is -2.67. The second-order valence-corrected chi connectivity index (χ2v) is 15.0. The number of nitrogens with zero attached hydrogens (tertiary/aromatic N) is 5. The van der Waals surface area contributed by atoms with Crippen molar-refractivity contribution >= 4 is 31.5 Å². The molecule has 2 fully saturated rings. The molecule has 0 spiro atoms. The molecule has 0 bridgehead atoms. The number of phosphoric ester groups is 1. The fourth-order valence-electron chi connectivity index (χ4n) is 6.34. The summed E-state index contributed by atoms with van der Waals surface area (Å²) in [7, 11) is -5.58. The maximum absolute atomic E-state index is 13.2. The van der Waals surface area contributed by atoms with Crippen molar-refractivity contribution < 1.29 is 78.1 Å². The first-order chi connectivity index (χ1) is 26.3. The molecular weight excluding hydrogens is 773 g/mol. The number of carboxylic acids is 2. The molecule has 1 amide bonds. The number of amides is 1. The van der Waals surface area contributed by atoms with Gasteiger partial charge in [0, 0.05) is 32.2 Å². The third kappa shape index (κ3) is 11.8. The van der Waals surface area contributed by atoms with Gasteiger partial charge in [0.15, 0.2) is 6.23 Å². The molecule has 24 nitrogen and oxygen atoms in total. The highest BCUT2D eigenvalue weighted by atomic mass is 31.2. The second-order valence-electron chi connectivity index (χ2n) is 13.6. The Bertz CT molecular complexity index is 1760. The third-order valence-electron chi connectivity index (χ3n) is 9.16. The molecule has 1 unspecified atom stereocenters. The summed E-state index contributed by atoms with van der Waals surface area (Å²) in [6.45, 7) is -0.403. The molecule has 25 heteroatoms. The van der Waals surface area contributed by atoms with E-state index in [9.17, 15) is 59.3 Å². The van der Waals surface area contributed by atoms with Crippen LogP contribution in [0.2, 0.25) is 0 Å². The average Bonchev–Trinajstić information content (AvgIpc) is 3.67. The summed E-state index contributed by atoms with van der Waals surface area (Å²) < 4.78 is 36.0. The summed E-state index contributed by atoms with van der Waals surface area (Å²) >= 11 is 0. The Balaban J connectivity index is 1.40. The number of carbonyl (C=O) groups is 3. The monoisotopic (exact) mass is 821 g/mol. The minimum absolute atomic E-state index is 0.133. The number of aliphatic hydroxyl groups is 5. The van der Waals surface area contributed by atoms with E-state index >= 15 is 0 Å². The van der Waals surface area contributed by atoms with Crippen molar-refractivity contribution in [1.29, 1.82) is 0 Å². The summed E-state index contributed by atoms with van der Waals surface area (Å²) in [5, 5.41) is 83.3. The molecule has 0 saturated carbocycles. The van der Waals surface area contributed by atoms with Gasteiger partial charge in [0.2, 0.25) is 5.91 Å². The first-order valence-electron chi connectivity index (χ1n) is 17.7. The number of phosphoric acid groups is 1. The minimum atomic E-state index is -5.58. The van der Waals surface area contributed by atoms with Crippen LogP contribution in [0.1, 0.15) is 70.2 Å². The molecule has 4 heterocycles. The summed E-state index contributed by atoms with van der Waals surface area (Å²) in [6, 6.07) is -0.367. The van der Waals surface area contributed by atoms with Gasteiger partial charge in [-0.1, -0.05) is 30.9 Å². The molecular formula is C31H48N7O17P. The number of carboxylic acid groups (broad SMARTS) is 2. The number of nitrogens with two attached hydrogens (primary N) is 1. The van der Waals surface area contributed by atoms with E-state index in [4.69, 9.17) is 29.4 Å². The Labute approximate surface area is 318 Å². The van der Waals surface area contributed by atoms with Gasteiger partial charge < -0.3 is 61.2 Å². The van der Waals surface area contributed by atoms with Crippen LogP contribution >= 0.6 is 7.82 Å². The fourth-order valence-corrected chi connectivity index (χ4v) is 7.30. The molecule has 2 aliphatic heterocycles. The van der Waals surface area contributed by atoms with E-state index in [1.165, 1.54) is 16.9 Å². The topological polar surface area (TPSA) is 371 Å². The fraction of sp³-hybridized carbons (Fsp3) is 0.710. The van der Waals surface area contributed by atoms with Crippen molar-refractivity contribution in [3.8, 4) is 0 Å². The maximum Gasteiger partial charge on any atom is 0.475 e. The molecule has 2 aromatic heterocycles. The van der Waals surface area contributed by atoms with Crippen molar-refractivity contribution in [3.63, 3.8) is 0 Å². The maximum atomic E-state index is 13.2. The van der Waals surface area contributed by atoms with E-state index in [0.29, 0.717) is 18.5 Å². The van der Waals surface area contributed by atoms with Crippen molar-refractivity contribution in [2.45, 2.75) is 132 Å². The van der Waals surface area contributed by atoms with Crippen molar-refractivity contribution in [2.75, 3.05) is 12.3 Å². The Kier molecular flexibility index (Phi) is 15.6. The Morgan fingerprint density at radius 1 is 1.11 bits per heavy atom. The largest absolute Gasteiger partial charge is 0.481 e. The number of hydrogen-bond donors (Lipinski definition) is 10. The molecule has 11 N–H and O–H groups in total. The minimum Gasteiger partial charge on any atom is -0.481 e. The molecule has 11 atom stereocenters. The molecule has 314 valence electrons. The zero-order chi connectivity index (χ0) is 41.4. The molecule has 2 aromatic rings. The number of aryl methyl sites for hydroxylation is 1. The molecule has 0 aromatic carbocycles. The van der Waals surface area contributed by atoms with Crippen LogP contribution in [0, 0.1) is 0 Å². The van der Waals surface area contributed by atoms with Gasteiger partial charge in [-0.3, -0.25) is 18.7 Å². The first kappa shape index (κ1) is 44.8. The van der Waals surface area contributed by atoms with E-state index in [-0.39, 0.29) is 12.2 Å². The normalized spacial score (nSPS) is 28.7. The Morgan fingerprint density at radius 3 is 2.43 bits per heavy atom. The number of aliphatic carboxylic acids is 2. The highest BCUT2D eigenvalue weighted by Gasteiger charge is 2.59. The predicted octanol–water partition coefficient (Wildman–Crippen LogP) is -2.61. The number of aromatic nitrogens is 5. The van der Waals surface area contributed by atoms with Crippen LogP contribution in [0.4, 0.5) is 5.82 Å². The van der Waals surface area contributed by atoms with Crippen LogP contribution in [-0.4, -0.2) is 144 Å². The van der Waals surface area contributed by atoms with E-state index in [1.807, 2.05) is 0 Å². The van der Waals surface area contributed by atoms with Crippen LogP contribution in [0.3, 0.4) is 0 Å². The van der Waals surface area contributed by atoms with Gasteiger partial charge in [0.1, 0.15) is 42.4 Å². The number of rotatable bonds is 21.